The number of hydrogen-bond donors (Lipinski definition) is 0. The molecule has 0 unspecified atom stereocenters. The van der Waals surface area contributed by atoms with Gasteiger partial charge in [-0.2, -0.15) is 0 Å². The zero-order valence-corrected chi connectivity index (χ0v) is 19.0. The van der Waals surface area contributed by atoms with Crippen molar-refractivity contribution in [1.29, 1.82) is 0 Å². The largest absolute Gasteiger partial charge is 0.494 e. The Bertz CT molecular complexity index is 902. The Balaban J connectivity index is 1.55. The Labute approximate surface area is 186 Å². The zero-order valence-electron chi connectivity index (χ0n) is 19.0. The van der Waals surface area contributed by atoms with E-state index in [1.54, 1.807) is 0 Å². The van der Waals surface area contributed by atoms with Crippen LogP contribution in [0.15, 0.2) is 60.2 Å². The summed E-state index contributed by atoms with van der Waals surface area (Å²) in [5, 5.41) is 0. The molecular formula is C28H34O3. The third kappa shape index (κ3) is 6.85. The van der Waals surface area contributed by atoms with E-state index in [1.807, 2.05) is 48.6 Å². The molecule has 2 aromatic rings. The molecule has 31 heavy (non-hydrogen) atoms. The second kappa shape index (κ2) is 11.5. The predicted octanol–water partition coefficient (Wildman–Crippen LogP) is 7.53. The fourth-order valence-electron chi connectivity index (χ4n) is 3.58. The molecule has 3 heteroatoms. The summed E-state index contributed by atoms with van der Waals surface area (Å²) in [5.74, 6) is 1.63. The zero-order chi connectivity index (χ0) is 22.1. The molecule has 1 aliphatic rings. The van der Waals surface area contributed by atoms with Crippen molar-refractivity contribution >= 4 is 17.8 Å². The minimum Gasteiger partial charge on any atom is -0.494 e. The van der Waals surface area contributed by atoms with Crippen molar-refractivity contribution in [3.63, 3.8) is 0 Å². The first-order valence-corrected chi connectivity index (χ1v) is 11.6. The van der Waals surface area contributed by atoms with E-state index in [9.17, 15) is 4.79 Å². The average Bonchev–Trinajstić information content (AvgIpc) is 3.14. The highest BCUT2D eigenvalue weighted by Gasteiger charge is 2.22. The Morgan fingerprint density at radius 2 is 1.58 bits per heavy atom. The van der Waals surface area contributed by atoms with Crippen molar-refractivity contribution < 1.29 is 14.3 Å². The third-order valence-electron chi connectivity index (χ3n) is 5.56. The number of esters is 1. The predicted molar refractivity (Wildman–Crippen MR) is 128 cm³/mol. The van der Waals surface area contributed by atoms with Crippen molar-refractivity contribution in [2.75, 3.05) is 6.61 Å². The molecule has 1 aliphatic heterocycles. The molecule has 3 nitrogen and oxygen atoms in total. The molecule has 164 valence electrons. The first-order chi connectivity index (χ1) is 15.1. The van der Waals surface area contributed by atoms with Crippen LogP contribution in [0.3, 0.4) is 0 Å². The van der Waals surface area contributed by atoms with Gasteiger partial charge in [0.2, 0.25) is 0 Å². The standard InChI is InChI=1S/C28H34O3/c1-4-5-6-7-8-9-18-30-26-16-10-22(11-17-26)19-25-20-27(31-28(25)29)24-14-12-23(13-15-24)21(2)3/h10-17,19-21H,4-9,18H2,1-3H3/b25-19+. The Kier molecular flexibility index (Phi) is 8.52. The van der Waals surface area contributed by atoms with Crippen LogP contribution in [0.4, 0.5) is 0 Å². The number of benzene rings is 2. The van der Waals surface area contributed by atoms with E-state index >= 15 is 0 Å². The maximum Gasteiger partial charge on any atom is 0.343 e. The lowest BCUT2D eigenvalue weighted by molar-refractivity contribution is -0.130. The summed E-state index contributed by atoms with van der Waals surface area (Å²) < 4.78 is 11.3. The van der Waals surface area contributed by atoms with Crippen LogP contribution in [-0.2, 0) is 9.53 Å². The maximum atomic E-state index is 12.3. The van der Waals surface area contributed by atoms with Gasteiger partial charge in [0, 0.05) is 5.56 Å². The lowest BCUT2D eigenvalue weighted by Crippen LogP contribution is -1.98. The Morgan fingerprint density at radius 3 is 2.26 bits per heavy atom. The van der Waals surface area contributed by atoms with Crippen LogP contribution in [-0.4, -0.2) is 12.6 Å². The first-order valence-electron chi connectivity index (χ1n) is 11.6. The molecule has 0 fully saturated rings. The van der Waals surface area contributed by atoms with E-state index < -0.39 is 0 Å². The van der Waals surface area contributed by atoms with Gasteiger partial charge >= 0.3 is 5.97 Å². The highest BCUT2D eigenvalue weighted by molar-refractivity contribution is 6.05. The summed E-state index contributed by atoms with van der Waals surface area (Å²) in [5.41, 5.74) is 3.69. The SMILES string of the molecule is CCCCCCCCOc1ccc(/C=C2\C=C(c3ccc(C(C)C)cc3)OC2=O)cc1. The average molecular weight is 419 g/mol. The van der Waals surface area contributed by atoms with Gasteiger partial charge in [-0.1, -0.05) is 89.3 Å². The lowest BCUT2D eigenvalue weighted by atomic mass is 10.0. The van der Waals surface area contributed by atoms with E-state index in [2.05, 4.69) is 32.9 Å². The van der Waals surface area contributed by atoms with Gasteiger partial charge in [-0.3, -0.25) is 0 Å². The molecule has 3 rings (SSSR count). The monoisotopic (exact) mass is 418 g/mol. The van der Waals surface area contributed by atoms with Gasteiger partial charge in [-0.15, -0.1) is 0 Å². The number of carbonyl (C=O) groups excluding carboxylic acids is 1. The molecule has 2 aromatic carbocycles. The molecule has 0 bridgehead atoms. The number of ether oxygens (including phenoxy) is 2. The summed E-state index contributed by atoms with van der Waals surface area (Å²) in [6, 6.07) is 16.0. The molecule has 0 saturated heterocycles. The van der Waals surface area contributed by atoms with Gasteiger partial charge < -0.3 is 9.47 Å². The molecule has 0 aliphatic carbocycles. The number of unbranched alkanes of at least 4 members (excludes halogenated alkanes) is 5. The van der Waals surface area contributed by atoms with Crippen LogP contribution < -0.4 is 4.74 Å². The van der Waals surface area contributed by atoms with Crippen molar-refractivity contribution in [1.82, 2.24) is 0 Å². The summed E-state index contributed by atoms with van der Waals surface area (Å²) >= 11 is 0. The lowest BCUT2D eigenvalue weighted by Gasteiger charge is -2.07. The van der Waals surface area contributed by atoms with Crippen LogP contribution in [0.2, 0.25) is 0 Å². The van der Waals surface area contributed by atoms with Crippen LogP contribution in [0.1, 0.15) is 81.9 Å². The fourth-order valence-corrected chi connectivity index (χ4v) is 3.58. The van der Waals surface area contributed by atoms with E-state index in [0.29, 0.717) is 17.3 Å². The molecule has 0 atom stereocenters. The van der Waals surface area contributed by atoms with Crippen molar-refractivity contribution in [2.45, 2.75) is 65.2 Å². The number of carbonyl (C=O) groups is 1. The minimum atomic E-state index is -0.314. The van der Waals surface area contributed by atoms with Crippen LogP contribution >= 0.6 is 0 Å². The summed E-state index contributed by atoms with van der Waals surface area (Å²) in [7, 11) is 0. The third-order valence-corrected chi connectivity index (χ3v) is 5.56. The molecule has 0 aromatic heterocycles. The summed E-state index contributed by atoms with van der Waals surface area (Å²) in [6.45, 7) is 7.31. The highest BCUT2D eigenvalue weighted by atomic mass is 16.5. The van der Waals surface area contributed by atoms with Crippen LogP contribution in [0.5, 0.6) is 5.75 Å². The maximum absolute atomic E-state index is 12.3. The summed E-state index contributed by atoms with van der Waals surface area (Å²) in [6.07, 6.45) is 11.2. The van der Waals surface area contributed by atoms with Crippen molar-refractivity contribution in [3.05, 3.63) is 76.9 Å². The molecular weight excluding hydrogens is 384 g/mol. The normalized spacial score (nSPS) is 14.8. The minimum absolute atomic E-state index is 0.314. The van der Waals surface area contributed by atoms with Crippen molar-refractivity contribution in [3.8, 4) is 5.75 Å². The molecule has 0 spiro atoms. The van der Waals surface area contributed by atoms with Crippen LogP contribution in [0, 0.1) is 0 Å². The van der Waals surface area contributed by atoms with Crippen LogP contribution in [0.25, 0.3) is 11.8 Å². The van der Waals surface area contributed by atoms with Crippen molar-refractivity contribution in [2.24, 2.45) is 0 Å². The molecule has 0 amide bonds. The van der Waals surface area contributed by atoms with Gasteiger partial charge in [-0.05, 0) is 47.8 Å². The molecule has 0 N–H and O–H groups in total. The second-order valence-electron chi connectivity index (χ2n) is 8.46. The molecule has 0 radical (unpaired) electrons. The van der Waals surface area contributed by atoms with E-state index in [0.717, 1.165) is 29.9 Å². The van der Waals surface area contributed by atoms with Gasteiger partial charge in [-0.25, -0.2) is 4.79 Å². The quantitative estimate of drug-likeness (QED) is 0.215. The van der Waals surface area contributed by atoms with E-state index in [4.69, 9.17) is 9.47 Å². The van der Waals surface area contributed by atoms with E-state index in [1.165, 1.54) is 37.7 Å². The fraction of sp³-hybridized carbons (Fsp3) is 0.393. The molecule has 0 saturated carbocycles. The van der Waals surface area contributed by atoms with Gasteiger partial charge in [0.25, 0.3) is 0 Å². The number of rotatable bonds is 11. The second-order valence-corrected chi connectivity index (χ2v) is 8.46. The van der Waals surface area contributed by atoms with Gasteiger partial charge in [0.15, 0.2) is 0 Å². The summed E-state index contributed by atoms with van der Waals surface area (Å²) in [4.78, 5) is 12.3. The molecule has 1 heterocycles. The van der Waals surface area contributed by atoms with Gasteiger partial charge in [0.1, 0.15) is 11.5 Å². The number of hydrogen-bond acceptors (Lipinski definition) is 3. The van der Waals surface area contributed by atoms with E-state index in [-0.39, 0.29) is 5.97 Å². The highest BCUT2D eigenvalue weighted by Crippen LogP contribution is 2.28. The first kappa shape index (κ1) is 22.9. The van der Waals surface area contributed by atoms with Gasteiger partial charge in [0.05, 0.1) is 12.2 Å². The topological polar surface area (TPSA) is 35.5 Å². The smallest absolute Gasteiger partial charge is 0.343 e. The number of cyclic esters (lactones) is 1. The Hall–Kier alpha value is -2.81. The Morgan fingerprint density at radius 1 is 0.903 bits per heavy atom.